The van der Waals surface area contributed by atoms with Gasteiger partial charge in [0.2, 0.25) is 0 Å². The van der Waals surface area contributed by atoms with E-state index in [0.29, 0.717) is 12.8 Å². The van der Waals surface area contributed by atoms with E-state index in [1.807, 2.05) is 48.6 Å². The lowest BCUT2D eigenvalue weighted by Crippen LogP contribution is -2.23. The molecule has 0 heterocycles. The molecule has 2 rings (SSSR count). The fourth-order valence-corrected chi connectivity index (χ4v) is 2.20. The number of carbonyl (C=O) groups excluding carboxylic acids is 1. The first-order chi connectivity index (χ1) is 8.29. The van der Waals surface area contributed by atoms with Crippen molar-refractivity contribution in [3.05, 3.63) is 54.1 Å². The molecule has 2 heteroatoms. The van der Waals surface area contributed by atoms with Crippen LogP contribution in [0.3, 0.4) is 0 Å². The molecule has 1 aromatic rings. The zero-order valence-corrected chi connectivity index (χ0v) is 9.67. The summed E-state index contributed by atoms with van der Waals surface area (Å²) in [5.74, 6) is 0. The summed E-state index contributed by atoms with van der Waals surface area (Å²) in [4.78, 5) is 11.3. The van der Waals surface area contributed by atoms with Gasteiger partial charge in [0.05, 0.1) is 5.41 Å². The monoisotopic (exact) mass is 228 g/mol. The molecule has 2 nitrogen and oxygen atoms in total. The van der Waals surface area contributed by atoms with Crippen LogP contribution < -0.4 is 0 Å². The van der Waals surface area contributed by atoms with Crippen molar-refractivity contribution in [1.29, 1.82) is 0 Å². The summed E-state index contributed by atoms with van der Waals surface area (Å²) >= 11 is 0. The Bertz CT molecular complexity index is 445. The first kappa shape index (κ1) is 11.8. The zero-order valence-electron chi connectivity index (χ0n) is 9.67. The Morgan fingerprint density at radius 3 is 2.71 bits per heavy atom. The molecule has 1 aliphatic carbocycles. The molecule has 0 bridgehead atoms. The Hall–Kier alpha value is -1.67. The molecule has 1 atom stereocenters. The van der Waals surface area contributed by atoms with Gasteiger partial charge in [-0.3, -0.25) is 0 Å². The summed E-state index contributed by atoms with van der Waals surface area (Å²) in [5, 5.41) is 9.06. The molecule has 1 aliphatic rings. The second-order valence-electron chi connectivity index (χ2n) is 4.42. The Kier molecular flexibility index (Phi) is 3.55. The number of hydrogen-bond donors (Lipinski definition) is 1. The van der Waals surface area contributed by atoms with Gasteiger partial charge in [-0.05, 0) is 24.0 Å². The normalized spacial score (nSPS) is 23.2. The highest BCUT2D eigenvalue weighted by atomic mass is 16.3. The van der Waals surface area contributed by atoms with E-state index in [4.69, 9.17) is 5.11 Å². The minimum Gasteiger partial charge on any atom is -0.396 e. The molecular formula is C15H16O2. The molecule has 88 valence electrons. The maximum Gasteiger partial charge on any atom is 0.130 e. The molecule has 0 aromatic heterocycles. The number of benzene rings is 1. The van der Waals surface area contributed by atoms with Crippen molar-refractivity contribution in [1.82, 2.24) is 0 Å². The topological polar surface area (TPSA) is 37.3 Å². The highest BCUT2D eigenvalue weighted by molar-refractivity contribution is 5.76. The van der Waals surface area contributed by atoms with Crippen molar-refractivity contribution < 1.29 is 9.90 Å². The molecule has 1 aromatic carbocycles. The van der Waals surface area contributed by atoms with Gasteiger partial charge in [-0.2, -0.15) is 0 Å². The third-order valence-electron chi connectivity index (χ3n) is 3.20. The van der Waals surface area contributed by atoms with E-state index in [9.17, 15) is 4.79 Å². The molecule has 0 saturated carbocycles. The van der Waals surface area contributed by atoms with Crippen molar-refractivity contribution >= 4 is 11.9 Å². The Balaban J connectivity index is 2.26. The molecule has 0 radical (unpaired) electrons. The molecular weight excluding hydrogens is 212 g/mol. The smallest absolute Gasteiger partial charge is 0.130 e. The predicted octanol–water partition coefficient (Wildman–Crippen LogP) is 2.60. The number of allylic oxidation sites excluding steroid dienone is 4. The van der Waals surface area contributed by atoms with Crippen LogP contribution in [0.5, 0.6) is 0 Å². The van der Waals surface area contributed by atoms with Gasteiger partial charge in [-0.25, -0.2) is 0 Å². The van der Waals surface area contributed by atoms with E-state index in [0.717, 1.165) is 17.4 Å². The van der Waals surface area contributed by atoms with Gasteiger partial charge in [0.1, 0.15) is 6.29 Å². The molecule has 0 aliphatic heterocycles. The maximum absolute atomic E-state index is 11.3. The van der Waals surface area contributed by atoms with Crippen LogP contribution in [-0.2, 0) is 4.79 Å². The van der Waals surface area contributed by atoms with Crippen molar-refractivity contribution in [2.24, 2.45) is 5.41 Å². The van der Waals surface area contributed by atoms with Crippen LogP contribution in [0, 0.1) is 5.41 Å². The van der Waals surface area contributed by atoms with Crippen LogP contribution >= 0.6 is 0 Å². The van der Waals surface area contributed by atoms with Crippen LogP contribution in [0.1, 0.15) is 18.4 Å². The number of carbonyl (C=O) groups is 1. The largest absolute Gasteiger partial charge is 0.396 e. The molecule has 0 amide bonds. The lowest BCUT2D eigenvalue weighted by molar-refractivity contribution is -0.114. The van der Waals surface area contributed by atoms with Gasteiger partial charge in [-0.1, -0.05) is 48.6 Å². The summed E-state index contributed by atoms with van der Waals surface area (Å²) in [5.41, 5.74) is 1.75. The van der Waals surface area contributed by atoms with Crippen molar-refractivity contribution in [3.63, 3.8) is 0 Å². The van der Waals surface area contributed by atoms with Crippen molar-refractivity contribution in [3.8, 4) is 0 Å². The standard InChI is InChI=1S/C15H16O2/c16-10-9-15(12-17)8-4-7-14(11-15)13-5-2-1-3-6-13/h1-8,12,16H,9-11H2. The quantitative estimate of drug-likeness (QED) is 0.804. The van der Waals surface area contributed by atoms with E-state index >= 15 is 0 Å². The molecule has 0 fully saturated rings. The minimum absolute atomic E-state index is 0.0329. The van der Waals surface area contributed by atoms with Crippen LogP contribution in [0.4, 0.5) is 0 Å². The summed E-state index contributed by atoms with van der Waals surface area (Å²) in [6.07, 6.45) is 7.94. The SMILES string of the molecule is O=CC1(CCO)C=CC=C(c2ccccc2)C1. The van der Waals surface area contributed by atoms with Crippen LogP contribution in [0.2, 0.25) is 0 Å². The fourth-order valence-electron chi connectivity index (χ4n) is 2.20. The summed E-state index contributed by atoms with van der Waals surface area (Å²) in [6, 6.07) is 10.0. The van der Waals surface area contributed by atoms with E-state index in [-0.39, 0.29) is 6.61 Å². The Labute approximate surface area is 101 Å². The number of rotatable bonds is 4. The predicted molar refractivity (Wildman–Crippen MR) is 68.4 cm³/mol. The van der Waals surface area contributed by atoms with E-state index in [1.165, 1.54) is 0 Å². The van der Waals surface area contributed by atoms with Gasteiger partial charge in [0.15, 0.2) is 0 Å². The highest BCUT2D eigenvalue weighted by Crippen LogP contribution is 2.37. The lowest BCUT2D eigenvalue weighted by Gasteiger charge is -2.27. The van der Waals surface area contributed by atoms with Crippen LogP contribution in [0.25, 0.3) is 5.57 Å². The van der Waals surface area contributed by atoms with Gasteiger partial charge in [0.25, 0.3) is 0 Å². The number of aldehydes is 1. The Morgan fingerprint density at radius 2 is 2.06 bits per heavy atom. The lowest BCUT2D eigenvalue weighted by atomic mass is 9.76. The average molecular weight is 228 g/mol. The second-order valence-corrected chi connectivity index (χ2v) is 4.42. The van der Waals surface area contributed by atoms with Crippen molar-refractivity contribution in [2.75, 3.05) is 6.61 Å². The Morgan fingerprint density at radius 1 is 1.29 bits per heavy atom. The zero-order chi connectivity index (χ0) is 12.1. The molecule has 0 saturated heterocycles. The number of hydrogen-bond acceptors (Lipinski definition) is 2. The van der Waals surface area contributed by atoms with E-state index in [1.54, 1.807) is 0 Å². The first-order valence-electron chi connectivity index (χ1n) is 5.81. The van der Waals surface area contributed by atoms with Gasteiger partial charge in [0, 0.05) is 6.61 Å². The summed E-state index contributed by atoms with van der Waals surface area (Å²) < 4.78 is 0. The first-order valence-corrected chi connectivity index (χ1v) is 5.81. The summed E-state index contributed by atoms with van der Waals surface area (Å²) in [6.45, 7) is 0.0329. The molecule has 1 unspecified atom stereocenters. The van der Waals surface area contributed by atoms with Gasteiger partial charge in [-0.15, -0.1) is 0 Å². The van der Waals surface area contributed by atoms with Gasteiger partial charge < -0.3 is 9.90 Å². The minimum atomic E-state index is -0.533. The maximum atomic E-state index is 11.3. The van der Waals surface area contributed by atoms with Gasteiger partial charge >= 0.3 is 0 Å². The molecule has 1 N–H and O–H groups in total. The third kappa shape index (κ3) is 2.53. The summed E-state index contributed by atoms with van der Waals surface area (Å²) in [7, 11) is 0. The van der Waals surface area contributed by atoms with E-state index < -0.39 is 5.41 Å². The fraction of sp³-hybridized carbons (Fsp3) is 0.267. The third-order valence-corrected chi connectivity index (χ3v) is 3.20. The average Bonchev–Trinajstić information content (AvgIpc) is 2.40. The van der Waals surface area contributed by atoms with Crippen LogP contribution in [0.15, 0.2) is 48.6 Å². The number of aliphatic hydroxyl groups is 1. The van der Waals surface area contributed by atoms with E-state index in [2.05, 4.69) is 0 Å². The molecule has 17 heavy (non-hydrogen) atoms. The van der Waals surface area contributed by atoms with Crippen LogP contribution in [-0.4, -0.2) is 18.0 Å². The number of aliphatic hydroxyl groups excluding tert-OH is 1. The molecule has 0 spiro atoms. The second kappa shape index (κ2) is 5.11. The highest BCUT2D eigenvalue weighted by Gasteiger charge is 2.29. The van der Waals surface area contributed by atoms with Crippen molar-refractivity contribution in [2.45, 2.75) is 12.8 Å².